The van der Waals surface area contributed by atoms with E-state index in [0.717, 1.165) is 35.3 Å². The Bertz CT molecular complexity index is 1070. The second-order valence-electron chi connectivity index (χ2n) is 10.4. The van der Waals surface area contributed by atoms with E-state index in [-0.39, 0.29) is 24.9 Å². The average Bonchev–Trinajstić information content (AvgIpc) is 3.15. The van der Waals surface area contributed by atoms with Gasteiger partial charge >= 0.3 is 12.1 Å². The quantitative estimate of drug-likeness (QED) is 0.621. The maximum absolute atomic E-state index is 12.9. The van der Waals surface area contributed by atoms with Gasteiger partial charge in [-0.05, 0) is 50.1 Å². The zero-order valence-corrected chi connectivity index (χ0v) is 21.5. The van der Waals surface area contributed by atoms with E-state index in [9.17, 15) is 14.4 Å². The highest BCUT2D eigenvalue weighted by Crippen LogP contribution is 2.44. The minimum atomic E-state index is -1.13. The average molecular weight is 494 g/mol. The van der Waals surface area contributed by atoms with Gasteiger partial charge in [-0.25, -0.2) is 9.59 Å². The van der Waals surface area contributed by atoms with Crippen molar-refractivity contribution in [3.63, 3.8) is 0 Å². The van der Waals surface area contributed by atoms with E-state index < -0.39 is 23.7 Å². The Balaban J connectivity index is 1.42. The van der Waals surface area contributed by atoms with Crippen LogP contribution >= 0.6 is 0 Å². The first-order valence-corrected chi connectivity index (χ1v) is 12.4. The molecule has 0 saturated carbocycles. The van der Waals surface area contributed by atoms with Crippen molar-refractivity contribution in [3.8, 4) is 11.1 Å². The third-order valence-electron chi connectivity index (χ3n) is 6.56. The molecule has 1 fully saturated rings. The van der Waals surface area contributed by atoms with Gasteiger partial charge < -0.3 is 24.6 Å². The molecule has 1 saturated heterocycles. The third kappa shape index (κ3) is 6.05. The van der Waals surface area contributed by atoms with E-state index in [1.54, 1.807) is 25.7 Å². The number of esters is 1. The smallest absolute Gasteiger partial charge is 0.407 e. The number of carbonyl (C=O) groups excluding carboxylic acids is 3. The summed E-state index contributed by atoms with van der Waals surface area (Å²) >= 11 is 0. The van der Waals surface area contributed by atoms with Crippen LogP contribution in [0.2, 0.25) is 0 Å². The van der Waals surface area contributed by atoms with Crippen LogP contribution in [0, 0.1) is 0 Å². The predicted molar refractivity (Wildman–Crippen MR) is 137 cm³/mol. The van der Waals surface area contributed by atoms with E-state index in [2.05, 4.69) is 22.3 Å². The SMILES string of the molecule is CN1CCN(C(=O)C[C@H](NC(=O)OCC2c3ccccc3-c3ccccc32)C(=O)OC(C)(C)C)CC1. The van der Waals surface area contributed by atoms with Crippen molar-refractivity contribution in [2.45, 2.75) is 44.8 Å². The van der Waals surface area contributed by atoms with E-state index in [1.165, 1.54) is 0 Å². The molecule has 0 aromatic heterocycles. The lowest BCUT2D eigenvalue weighted by atomic mass is 9.98. The zero-order valence-electron chi connectivity index (χ0n) is 21.5. The highest BCUT2D eigenvalue weighted by Gasteiger charge is 2.33. The van der Waals surface area contributed by atoms with Crippen molar-refractivity contribution >= 4 is 18.0 Å². The summed E-state index contributed by atoms with van der Waals surface area (Å²) in [4.78, 5) is 42.5. The number of fused-ring (bicyclic) bond motifs is 3. The van der Waals surface area contributed by atoms with Gasteiger partial charge in [-0.15, -0.1) is 0 Å². The van der Waals surface area contributed by atoms with Crippen LogP contribution in [-0.2, 0) is 19.1 Å². The largest absolute Gasteiger partial charge is 0.458 e. The van der Waals surface area contributed by atoms with Crippen molar-refractivity contribution in [2.75, 3.05) is 39.8 Å². The number of rotatable bonds is 6. The highest BCUT2D eigenvalue weighted by molar-refractivity contribution is 5.88. The Kier molecular flexibility index (Phi) is 7.64. The van der Waals surface area contributed by atoms with Crippen LogP contribution in [0.4, 0.5) is 4.79 Å². The number of amides is 2. The van der Waals surface area contributed by atoms with Crippen molar-refractivity contribution < 1.29 is 23.9 Å². The van der Waals surface area contributed by atoms with Crippen LogP contribution in [-0.4, -0.2) is 79.2 Å². The van der Waals surface area contributed by atoms with Gasteiger partial charge in [0.25, 0.3) is 0 Å². The molecule has 1 atom stereocenters. The molecule has 1 aliphatic carbocycles. The molecule has 1 aliphatic heterocycles. The molecule has 1 heterocycles. The Morgan fingerprint density at radius 1 is 0.944 bits per heavy atom. The van der Waals surface area contributed by atoms with Crippen LogP contribution < -0.4 is 5.32 Å². The summed E-state index contributed by atoms with van der Waals surface area (Å²) in [5, 5.41) is 2.60. The lowest BCUT2D eigenvalue weighted by molar-refractivity contribution is -0.159. The monoisotopic (exact) mass is 493 g/mol. The number of ether oxygens (including phenoxy) is 2. The molecule has 1 N–H and O–H groups in total. The number of piperazine rings is 1. The zero-order chi connectivity index (χ0) is 25.9. The summed E-state index contributed by atoms with van der Waals surface area (Å²) < 4.78 is 11.1. The van der Waals surface area contributed by atoms with Crippen LogP contribution in [0.1, 0.15) is 44.2 Å². The lowest BCUT2D eigenvalue weighted by Crippen LogP contribution is -2.51. The number of benzene rings is 2. The Morgan fingerprint density at radius 2 is 1.50 bits per heavy atom. The predicted octanol–water partition coefficient (Wildman–Crippen LogP) is 3.40. The van der Waals surface area contributed by atoms with Crippen LogP contribution in [0.3, 0.4) is 0 Å². The molecule has 2 aromatic carbocycles. The molecule has 192 valence electrons. The van der Waals surface area contributed by atoms with E-state index in [4.69, 9.17) is 9.47 Å². The van der Waals surface area contributed by atoms with Gasteiger partial charge in [0.1, 0.15) is 18.2 Å². The van der Waals surface area contributed by atoms with Crippen LogP contribution in [0.25, 0.3) is 11.1 Å². The Hall–Kier alpha value is -3.39. The van der Waals surface area contributed by atoms with Gasteiger partial charge in [0.2, 0.25) is 5.91 Å². The standard InChI is InChI=1S/C28H35N3O5/c1-28(2,3)36-26(33)24(17-25(32)31-15-13-30(4)14-16-31)29-27(34)35-18-23-21-11-7-5-9-19(21)20-10-6-8-12-22(20)23/h5-12,23-24H,13-18H2,1-4H3,(H,29,34)/t24-/m0/s1. The van der Waals surface area contributed by atoms with E-state index in [0.29, 0.717) is 13.1 Å². The molecule has 0 bridgehead atoms. The van der Waals surface area contributed by atoms with Crippen molar-refractivity contribution in [1.82, 2.24) is 15.1 Å². The van der Waals surface area contributed by atoms with Gasteiger partial charge in [-0.3, -0.25) is 4.79 Å². The first kappa shape index (κ1) is 25.7. The van der Waals surface area contributed by atoms with E-state index in [1.807, 2.05) is 43.4 Å². The third-order valence-corrected chi connectivity index (χ3v) is 6.56. The fourth-order valence-corrected chi connectivity index (χ4v) is 4.71. The molecular formula is C28H35N3O5. The normalized spacial score (nSPS) is 16.6. The van der Waals surface area contributed by atoms with Crippen molar-refractivity contribution in [2.24, 2.45) is 0 Å². The molecule has 4 rings (SSSR count). The maximum Gasteiger partial charge on any atom is 0.407 e. The number of nitrogens with one attached hydrogen (secondary N) is 1. The molecule has 2 aromatic rings. The molecule has 8 heteroatoms. The molecule has 0 spiro atoms. The summed E-state index contributed by atoms with van der Waals surface area (Å²) in [7, 11) is 2.00. The molecule has 0 unspecified atom stereocenters. The summed E-state index contributed by atoms with van der Waals surface area (Å²) in [5.74, 6) is -0.952. The lowest BCUT2D eigenvalue weighted by Gasteiger charge is -2.33. The Morgan fingerprint density at radius 3 is 2.06 bits per heavy atom. The number of nitrogens with zero attached hydrogens (tertiary/aromatic N) is 2. The van der Waals surface area contributed by atoms with Gasteiger partial charge in [0.05, 0.1) is 6.42 Å². The van der Waals surface area contributed by atoms with Crippen molar-refractivity contribution in [1.29, 1.82) is 0 Å². The first-order chi connectivity index (χ1) is 17.1. The van der Waals surface area contributed by atoms with Gasteiger partial charge in [-0.1, -0.05) is 48.5 Å². The summed E-state index contributed by atoms with van der Waals surface area (Å²) in [6, 6.07) is 15.0. The van der Waals surface area contributed by atoms with Gasteiger partial charge in [0.15, 0.2) is 0 Å². The van der Waals surface area contributed by atoms with Gasteiger partial charge in [0, 0.05) is 32.1 Å². The molecule has 8 nitrogen and oxygen atoms in total. The number of hydrogen-bond acceptors (Lipinski definition) is 6. The maximum atomic E-state index is 12.9. The summed E-state index contributed by atoms with van der Waals surface area (Å²) in [5.41, 5.74) is 3.70. The second-order valence-corrected chi connectivity index (χ2v) is 10.4. The topological polar surface area (TPSA) is 88.2 Å². The van der Waals surface area contributed by atoms with Crippen molar-refractivity contribution in [3.05, 3.63) is 59.7 Å². The second kappa shape index (κ2) is 10.7. The molecule has 0 radical (unpaired) electrons. The minimum Gasteiger partial charge on any atom is -0.458 e. The minimum absolute atomic E-state index is 0.102. The molecular weight excluding hydrogens is 458 g/mol. The van der Waals surface area contributed by atoms with Gasteiger partial charge in [-0.2, -0.15) is 0 Å². The summed E-state index contributed by atoms with van der Waals surface area (Å²) in [6.45, 7) is 8.06. The fraction of sp³-hybridized carbons (Fsp3) is 0.464. The highest BCUT2D eigenvalue weighted by atomic mass is 16.6. The number of alkyl carbamates (subject to hydrolysis) is 1. The summed E-state index contributed by atoms with van der Waals surface area (Å²) in [6.07, 6.45) is -0.929. The van der Waals surface area contributed by atoms with Crippen LogP contribution in [0.5, 0.6) is 0 Å². The fourth-order valence-electron chi connectivity index (χ4n) is 4.71. The number of likely N-dealkylation sites (N-methyl/N-ethyl adjacent to an activating group) is 1. The molecule has 2 aliphatic rings. The molecule has 36 heavy (non-hydrogen) atoms. The Labute approximate surface area is 212 Å². The number of carbonyl (C=O) groups is 3. The molecule has 2 amide bonds. The first-order valence-electron chi connectivity index (χ1n) is 12.4. The number of hydrogen-bond donors (Lipinski definition) is 1. The van der Waals surface area contributed by atoms with E-state index >= 15 is 0 Å². The van der Waals surface area contributed by atoms with Crippen LogP contribution in [0.15, 0.2) is 48.5 Å².